The maximum atomic E-state index is 11.3. The standard InChI is InChI=1S/C28H48O.C19H32.C11H23NO4.C6H10O2/c1-19(2)8-7-9-20(3)24-12-13-25-23-11-10-21-18-22(29-6)14-16-27(21,4)26(23)15-17-28(24,25)5;1-3-5-7-9-11-13-15-17-19-18-16-14-12-10-8-6-4-2;1-12(2)7-5-6-11(13)16-9-10(15-4)8-14-3;7-5-3-1-2-4-6-8/h10,19-20,22-26H,7-9,11-18H2,1-6H3;3,6,8,12,14,18-19H,1,4-5,7,9-11,13,15-17H2,2H3;10H,5-9H2,1-4H3;5-6H,1-4H2/b;8-6-,14-12-,19-18-;;. The zero-order chi connectivity index (χ0) is 53.5. The number of allylic oxidation sites excluding steroid dienone is 8. The van der Waals surface area contributed by atoms with E-state index in [2.05, 4.69) is 90.7 Å². The summed E-state index contributed by atoms with van der Waals surface area (Å²) in [6, 6.07) is 0. The van der Waals surface area contributed by atoms with Gasteiger partial charge in [-0.15, -0.1) is 6.58 Å². The molecule has 9 atom stereocenters. The normalized spacial score (nSPS) is 25.2. The molecule has 0 radical (unpaired) electrons. The predicted molar refractivity (Wildman–Crippen MR) is 305 cm³/mol. The second-order valence-corrected chi connectivity index (χ2v) is 22.8. The molecular formula is C64H113NO7. The second kappa shape index (κ2) is 41.6. The van der Waals surface area contributed by atoms with Gasteiger partial charge in [-0.05, 0) is 183 Å². The SMILES string of the molecule is C=CCCCCCCC/C=C\C/C=C\C/C=C\CC.COC1CCC2(C)C(=CCC3C2CCC2(C)C(C(C)CCCC(C)C)CCC32)C1.COCC(COC(=O)CCCN(C)C)OC.O=CCCCCC=O. The van der Waals surface area contributed by atoms with Crippen molar-refractivity contribution >= 4 is 18.5 Å². The van der Waals surface area contributed by atoms with E-state index in [1.54, 1.807) is 19.8 Å². The van der Waals surface area contributed by atoms with Crippen molar-refractivity contribution in [3.8, 4) is 0 Å². The number of carbonyl (C=O) groups excluding carboxylic acids is 3. The number of unbranched alkanes of at least 4 members (excludes halogenated alkanes) is 9. The smallest absolute Gasteiger partial charge is 0.305 e. The molecule has 0 heterocycles. The first-order chi connectivity index (χ1) is 34.7. The fourth-order valence-corrected chi connectivity index (χ4v) is 12.4. The molecule has 8 nitrogen and oxygen atoms in total. The molecule has 4 aliphatic carbocycles. The third kappa shape index (κ3) is 27.2. The molecule has 0 aromatic rings. The van der Waals surface area contributed by atoms with Gasteiger partial charge in [0, 0.05) is 40.6 Å². The van der Waals surface area contributed by atoms with Crippen molar-refractivity contribution in [1.82, 2.24) is 4.90 Å². The molecule has 4 rings (SSSR count). The fourth-order valence-electron chi connectivity index (χ4n) is 12.4. The molecular weight excluding hydrogens is 895 g/mol. The topological polar surface area (TPSA) is 91.4 Å². The quantitative estimate of drug-likeness (QED) is 0.0278. The Labute approximate surface area is 444 Å². The first-order valence-corrected chi connectivity index (χ1v) is 29.2. The van der Waals surface area contributed by atoms with Crippen molar-refractivity contribution in [2.75, 3.05) is 55.2 Å². The molecule has 0 aliphatic heterocycles. The molecule has 0 aromatic heterocycles. The van der Waals surface area contributed by atoms with Crippen molar-refractivity contribution in [1.29, 1.82) is 0 Å². The Hall–Kier alpha value is -2.65. The summed E-state index contributed by atoms with van der Waals surface area (Å²) < 4.78 is 20.8. The van der Waals surface area contributed by atoms with Crippen LogP contribution in [0.3, 0.4) is 0 Å². The molecule has 8 heteroatoms. The Morgan fingerprint density at radius 3 is 1.99 bits per heavy atom. The van der Waals surface area contributed by atoms with E-state index in [1.165, 1.54) is 116 Å². The average molecular weight is 1010 g/mol. The van der Waals surface area contributed by atoms with E-state index in [9.17, 15) is 14.4 Å². The molecule has 9 unspecified atom stereocenters. The van der Waals surface area contributed by atoms with Crippen LogP contribution in [0.25, 0.3) is 0 Å². The summed E-state index contributed by atoms with van der Waals surface area (Å²) in [7, 11) is 9.02. The minimum absolute atomic E-state index is 0.178. The third-order valence-corrected chi connectivity index (χ3v) is 16.6. The molecule has 0 N–H and O–H groups in total. The van der Waals surface area contributed by atoms with Crippen LogP contribution in [0.4, 0.5) is 0 Å². The highest BCUT2D eigenvalue weighted by Gasteiger charge is 2.59. The fraction of sp³-hybridized carbons (Fsp3) is 0.797. The van der Waals surface area contributed by atoms with Gasteiger partial charge in [0.05, 0.1) is 12.7 Å². The number of rotatable bonds is 33. The van der Waals surface area contributed by atoms with E-state index < -0.39 is 0 Å². The van der Waals surface area contributed by atoms with Crippen molar-refractivity contribution in [2.45, 2.75) is 227 Å². The Morgan fingerprint density at radius 2 is 1.39 bits per heavy atom. The molecule has 0 saturated heterocycles. The molecule has 0 spiro atoms. The van der Waals surface area contributed by atoms with Crippen molar-refractivity contribution < 1.29 is 33.3 Å². The maximum absolute atomic E-state index is 11.3. The van der Waals surface area contributed by atoms with Crippen molar-refractivity contribution in [3.63, 3.8) is 0 Å². The number of methoxy groups -OCH3 is 3. The van der Waals surface area contributed by atoms with E-state index in [-0.39, 0.29) is 18.7 Å². The highest BCUT2D eigenvalue weighted by atomic mass is 16.6. The van der Waals surface area contributed by atoms with Crippen molar-refractivity contribution in [3.05, 3.63) is 60.8 Å². The van der Waals surface area contributed by atoms with Crippen LogP contribution in [0.1, 0.15) is 215 Å². The summed E-state index contributed by atoms with van der Waals surface area (Å²) in [5.74, 6) is 5.45. The van der Waals surface area contributed by atoms with Crippen LogP contribution >= 0.6 is 0 Å². The largest absolute Gasteiger partial charge is 0.463 e. The second-order valence-electron chi connectivity index (χ2n) is 22.8. The summed E-state index contributed by atoms with van der Waals surface area (Å²) in [4.78, 5) is 32.7. The van der Waals surface area contributed by atoms with Gasteiger partial charge in [-0.25, -0.2) is 0 Å². The van der Waals surface area contributed by atoms with E-state index >= 15 is 0 Å². The zero-order valence-electron chi connectivity index (χ0n) is 48.6. The van der Waals surface area contributed by atoms with Crippen LogP contribution in [-0.2, 0) is 33.3 Å². The number of carbonyl (C=O) groups is 3. The van der Waals surface area contributed by atoms with Gasteiger partial charge < -0.3 is 33.4 Å². The number of ether oxygens (including phenoxy) is 4. The van der Waals surface area contributed by atoms with Gasteiger partial charge >= 0.3 is 5.97 Å². The third-order valence-electron chi connectivity index (χ3n) is 16.6. The van der Waals surface area contributed by atoms with Gasteiger partial charge in [-0.2, -0.15) is 0 Å². The monoisotopic (exact) mass is 1010 g/mol. The summed E-state index contributed by atoms with van der Waals surface area (Å²) >= 11 is 0. The highest BCUT2D eigenvalue weighted by Crippen LogP contribution is 2.67. The number of esters is 1. The van der Waals surface area contributed by atoms with Crippen LogP contribution in [0.2, 0.25) is 0 Å². The summed E-state index contributed by atoms with van der Waals surface area (Å²) in [6.45, 7) is 20.2. The van der Waals surface area contributed by atoms with Gasteiger partial charge in [0.15, 0.2) is 0 Å². The minimum Gasteiger partial charge on any atom is -0.463 e. The highest BCUT2D eigenvalue weighted by molar-refractivity contribution is 5.69. The predicted octanol–water partition coefficient (Wildman–Crippen LogP) is 16.3. The first-order valence-electron chi connectivity index (χ1n) is 29.2. The lowest BCUT2D eigenvalue weighted by molar-refractivity contribution is -0.148. The molecule has 0 aromatic carbocycles. The Morgan fingerprint density at radius 1 is 0.750 bits per heavy atom. The number of fused-ring (bicyclic) bond motifs is 5. The van der Waals surface area contributed by atoms with Crippen LogP contribution < -0.4 is 0 Å². The lowest BCUT2D eigenvalue weighted by atomic mass is 9.47. The van der Waals surface area contributed by atoms with E-state index in [0.29, 0.717) is 42.8 Å². The lowest BCUT2D eigenvalue weighted by Crippen LogP contribution is -2.50. The molecule has 416 valence electrons. The van der Waals surface area contributed by atoms with E-state index in [4.69, 9.17) is 18.9 Å². The average Bonchev–Trinajstić information content (AvgIpc) is 3.73. The van der Waals surface area contributed by atoms with E-state index in [1.807, 2.05) is 32.2 Å². The molecule has 72 heavy (non-hydrogen) atoms. The lowest BCUT2D eigenvalue weighted by Gasteiger charge is -2.58. The van der Waals surface area contributed by atoms with Crippen LogP contribution in [0, 0.1) is 46.3 Å². The molecule has 3 fully saturated rings. The number of hydrogen-bond donors (Lipinski definition) is 0. The first kappa shape index (κ1) is 67.4. The van der Waals surface area contributed by atoms with Crippen LogP contribution in [-0.4, -0.2) is 90.8 Å². The van der Waals surface area contributed by atoms with Gasteiger partial charge in [0.1, 0.15) is 25.3 Å². The molecule has 4 aliphatic rings. The Balaban J connectivity index is 0.000000526. The summed E-state index contributed by atoms with van der Waals surface area (Å²) in [6.07, 6.45) is 52.5. The number of aldehydes is 2. The molecule has 3 saturated carbocycles. The van der Waals surface area contributed by atoms with Gasteiger partial charge in [-0.1, -0.05) is 134 Å². The number of hydrogen-bond acceptors (Lipinski definition) is 8. The van der Waals surface area contributed by atoms with Crippen LogP contribution in [0.15, 0.2) is 60.8 Å². The van der Waals surface area contributed by atoms with Crippen molar-refractivity contribution in [2.24, 2.45) is 46.3 Å². The van der Waals surface area contributed by atoms with Gasteiger partial charge in [0.2, 0.25) is 0 Å². The summed E-state index contributed by atoms with van der Waals surface area (Å²) in [5, 5.41) is 0. The van der Waals surface area contributed by atoms with Gasteiger partial charge in [0.25, 0.3) is 0 Å². The zero-order valence-corrected chi connectivity index (χ0v) is 48.6. The Bertz CT molecular complexity index is 1510. The van der Waals surface area contributed by atoms with E-state index in [0.717, 1.165) is 93.1 Å². The number of nitrogens with zero attached hydrogens (tertiary/aromatic N) is 1. The maximum Gasteiger partial charge on any atom is 0.305 e. The van der Waals surface area contributed by atoms with Crippen LogP contribution in [0.5, 0.6) is 0 Å². The summed E-state index contributed by atoms with van der Waals surface area (Å²) in [5.41, 5.74) is 2.85. The molecule has 0 bridgehead atoms. The van der Waals surface area contributed by atoms with Gasteiger partial charge in [-0.3, -0.25) is 4.79 Å². The molecule has 0 amide bonds. The minimum atomic E-state index is -0.181. The Kier molecular flexibility index (Phi) is 38.9.